The van der Waals surface area contributed by atoms with Gasteiger partial charge in [0.15, 0.2) is 5.03 Å². The molecule has 4 rings (SSSR count). The van der Waals surface area contributed by atoms with Gasteiger partial charge < -0.3 is 14.4 Å². The van der Waals surface area contributed by atoms with Crippen LogP contribution >= 0.6 is 0 Å². The molecule has 3 heterocycles. The molecule has 3 aromatic rings. The number of benzene rings is 1. The summed E-state index contributed by atoms with van der Waals surface area (Å²) in [4.78, 5) is 23.7. The molecule has 1 aliphatic heterocycles. The lowest BCUT2D eigenvalue weighted by atomic mass is 9.90. The van der Waals surface area contributed by atoms with E-state index in [9.17, 15) is 13.2 Å². The molecule has 1 saturated heterocycles. The zero-order valence-corrected chi connectivity index (χ0v) is 21.8. The first-order chi connectivity index (χ1) is 17.0. The van der Waals surface area contributed by atoms with Crippen molar-refractivity contribution in [2.75, 3.05) is 18.6 Å². The van der Waals surface area contributed by atoms with Crippen LogP contribution in [0.4, 0.5) is 5.82 Å². The highest BCUT2D eigenvalue weighted by Gasteiger charge is 2.40. The molecule has 1 N–H and O–H groups in total. The summed E-state index contributed by atoms with van der Waals surface area (Å²) < 4.78 is 39.3. The summed E-state index contributed by atoms with van der Waals surface area (Å²) in [5.41, 5.74) is 0.860. The zero-order valence-electron chi connectivity index (χ0n) is 21.0. The molecule has 0 bridgehead atoms. The highest BCUT2D eigenvalue weighted by molar-refractivity contribution is 7.90. The smallest absolute Gasteiger partial charge is 0.281 e. The van der Waals surface area contributed by atoms with E-state index in [1.807, 2.05) is 13.0 Å². The SMILES string of the molecule is COc1cc(C)cc(Oc2cccc(S(=O)(=O)NC(=O)c3cccnc3N3CCC(C)C3(C)C)n2)c1. The van der Waals surface area contributed by atoms with E-state index in [2.05, 4.69) is 40.4 Å². The van der Waals surface area contributed by atoms with E-state index in [0.717, 1.165) is 18.5 Å². The van der Waals surface area contributed by atoms with E-state index in [-0.39, 0.29) is 22.0 Å². The molecule has 1 aliphatic rings. The van der Waals surface area contributed by atoms with Crippen molar-refractivity contribution in [1.29, 1.82) is 0 Å². The molecule has 1 atom stereocenters. The van der Waals surface area contributed by atoms with Gasteiger partial charge in [0.25, 0.3) is 15.9 Å². The third-order valence-corrected chi connectivity index (χ3v) is 7.89. The lowest BCUT2D eigenvalue weighted by Gasteiger charge is -2.36. The number of pyridine rings is 2. The Hall–Kier alpha value is -3.66. The van der Waals surface area contributed by atoms with Gasteiger partial charge in [-0.2, -0.15) is 13.4 Å². The molecule has 36 heavy (non-hydrogen) atoms. The number of methoxy groups -OCH3 is 1. The average molecular weight is 511 g/mol. The number of sulfonamides is 1. The van der Waals surface area contributed by atoms with Crippen molar-refractivity contribution in [3.63, 3.8) is 0 Å². The maximum absolute atomic E-state index is 13.2. The van der Waals surface area contributed by atoms with Gasteiger partial charge in [-0.3, -0.25) is 4.79 Å². The Labute approximate surface area is 211 Å². The van der Waals surface area contributed by atoms with Crippen molar-refractivity contribution in [2.45, 2.75) is 44.7 Å². The number of carbonyl (C=O) groups excluding carboxylic acids is 1. The first kappa shape index (κ1) is 25.4. The van der Waals surface area contributed by atoms with Crippen LogP contribution in [0.25, 0.3) is 0 Å². The van der Waals surface area contributed by atoms with Crippen molar-refractivity contribution in [1.82, 2.24) is 14.7 Å². The molecule has 0 spiro atoms. The molecule has 10 heteroatoms. The van der Waals surface area contributed by atoms with Crippen LogP contribution in [0.3, 0.4) is 0 Å². The van der Waals surface area contributed by atoms with Gasteiger partial charge in [0.1, 0.15) is 17.3 Å². The van der Waals surface area contributed by atoms with Crippen LogP contribution < -0.4 is 19.1 Å². The fourth-order valence-corrected chi connectivity index (χ4v) is 5.17. The molecule has 0 radical (unpaired) electrons. The highest BCUT2D eigenvalue weighted by atomic mass is 32.2. The lowest BCUT2D eigenvalue weighted by Crippen LogP contribution is -2.43. The maximum atomic E-state index is 13.2. The van der Waals surface area contributed by atoms with Gasteiger partial charge in [-0.05, 0) is 69.0 Å². The van der Waals surface area contributed by atoms with E-state index < -0.39 is 15.9 Å². The Morgan fingerprint density at radius 1 is 1.14 bits per heavy atom. The third kappa shape index (κ3) is 5.13. The maximum Gasteiger partial charge on any atom is 0.281 e. The minimum Gasteiger partial charge on any atom is -0.497 e. The van der Waals surface area contributed by atoms with Crippen LogP contribution in [0.2, 0.25) is 0 Å². The molecular weight excluding hydrogens is 480 g/mol. The molecule has 0 aliphatic carbocycles. The van der Waals surface area contributed by atoms with Crippen LogP contribution in [0, 0.1) is 12.8 Å². The van der Waals surface area contributed by atoms with Crippen molar-refractivity contribution in [3.05, 3.63) is 65.9 Å². The summed E-state index contributed by atoms with van der Waals surface area (Å²) in [6, 6.07) is 12.8. The number of aromatic nitrogens is 2. The lowest BCUT2D eigenvalue weighted by molar-refractivity contribution is 0.0981. The zero-order chi connectivity index (χ0) is 26.1. The number of nitrogens with one attached hydrogen (secondary N) is 1. The van der Waals surface area contributed by atoms with Gasteiger partial charge >= 0.3 is 0 Å². The Kier molecular flexibility index (Phi) is 6.90. The Morgan fingerprint density at radius 2 is 1.89 bits per heavy atom. The average Bonchev–Trinajstić information content (AvgIpc) is 3.10. The number of hydrogen-bond acceptors (Lipinski definition) is 8. The fourth-order valence-electron chi connectivity index (χ4n) is 4.24. The number of rotatable bonds is 7. The van der Waals surface area contributed by atoms with E-state index in [1.54, 1.807) is 37.6 Å². The third-order valence-electron chi connectivity index (χ3n) is 6.66. The first-order valence-corrected chi connectivity index (χ1v) is 13.1. The van der Waals surface area contributed by atoms with E-state index in [0.29, 0.717) is 23.2 Å². The number of amides is 1. The summed E-state index contributed by atoms with van der Waals surface area (Å²) >= 11 is 0. The van der Waals surface area contributed by atoms with Crippen molar-refractivity contribution >= 4 is 21.7 Å². The van der Waals surface area contributed by atoms with Crippen molar-refractivity contribution in [2.24, 2.45) is 5.92 Å². The molecule has 1 unspecified atom stereocenters. The molecule has 1 fully saturated rings. The number of hydrogen-bond donors (Lipinski definition) is 1. The normalized spacial score (nSPS) is 17.0. The highest BCUT2D eigenvalue weighted by Crippen LogP contribution is 2.38. The largest absolute Gasteiger partial charge is 0.497 e. The fraction of sp³-hybridized carbons (Fsp3) is 0.346. The summed E-state index contributed by atoms with van der Waals surface area (Å²) in [5.74, 6) is 1.18. The van der Waals surface area contributed by atoms with Crippen molar-refractivity contribution < 1.29 is 22.7 Å². The number of ether oxygens (including phenoxy) is 2. The monoisotopic (exact) mass is 510 g/mol. The molecule has 0 saturated carbocycles. The van der Waals surface area contributed by atoms with Gasteiger partial charge in [-0.1, -0.05) is 13.0 Å². The second-order valence-electron chi connectivity index (χ2n) is 9.41. The van der Waals surface area contributed by atoms with E-state index in [4.69, 9.17) is 9.47 Å². The molecule has 190 valence electrons. The minimum atomic E-state index is -4.28. The van der Waals surface area contributed by atoms with Crippen LogP contribution in [0.15, 0.2) is 59.8 Å². The standard InChI is InChI=1S/C26H30N4O5S/c1-17-14-19(34-5)16-20(15-17)35-22-9-6-10-23(28-22)36(32,33)29-25(31)21-8-7-12-27-24(21)30-13-11-18(2)26(30,3)4/h6-10,12,14-16,18H,11,13H2,1-5H3,(H,29,31). The second kappa shape index (κ2) is 9.77. The van der Waals surface area contributed by atoms with Crippen molar-refractivity contribution in [3.8, 4) is 17.4 Å². The topological polar surface area (TPSA) is 111 Å². The van der Waals surface area contributed by atoms with Gasteiger partial charge in [0.05, 0.1) is 12.7 Å². The molecular formula is C26H30N4O5S. The van der Waals surface area contributed by atoms with Gasteiger partial charge in [0, 0.05) is 30.4 Å². The summed E-state index contributed by atoms with van der Waals surface area (Å²) in [7, 11) is -2.74. The second-order valence-corrected chi connectivity index (χ2v) is 11.0. The summed E-state index contributed by atoms with van der Waals surface area (Å²) in [5, 5.41) is -0.339. The number of aryl methyl sites for hydroxylation is 1. The summed E-state index contributed by atoms with van der Waals surface area (Å²) in [6.45, 7) is 8.95. The van der Waals surface area contributed by atoms with Gasteiger partial charge in [-0.25, -0.2) is 9.71 Å². The Morgan fingerprint density at radius 3 is 2.58 bits per heavy atom. The van der Waals surface area contributed by atoms with E-state index in [1.165, 1.54) is 18.2 Å². The van der Waals surface area contributed by atoms with Gasteiger partial charge in [0.2, 0.25) is 5.88 Å². The molecule has 1 amide bonds. The van der Waals surface area contributed by atoms with Crippen LogP contribution in [-0.2, 0) is 10.0 Å². The quantitative estimate of drug-likeness (QED) is 0.500. The predicted octanol–water partition coefficient (Wildman–Crippen LogP) is 4.33. The number of nitrogens with zero attached hydrogens (tertiary/aromatic N) is 3. The minimum absolute atomic E-state index is 0.0628. The summed E-state index contributed by atoms with van der Waals surface area (Å²) in [6.07, 6.45) is 2.55. The number of anilines is 1. The van der Waals surface area contributed by atoms with E-state index >= 15 is 0 Å². The molecule has 2 aromatic heterocycles. The van der Waals surface area contributed by atoms with Crippen LogP contribution in [-0.4, -0.2) is 43.5 Å². The van der Waals surface area contributed by atoms with Gasteiger partial charge in [-0.15, -0.1) is 0 Å². The first-order valence-electron chi connectivity index (χ1n) is 11.6. The Balaban J connectivity index is 1.57. The van der Waals surface area contributed by atoms with Crippen LogP contribution in [0.1, 0.15) is 43.1 Å². The van der Waals surface area contributed by atoms with Crippen LogP contribution in [0.5, 0.6) is 17.4 Å². The molecule has 1 aromatic carbocycles. The predicted molar refractivity (Wildman–Crippen MR) is 136 cm³/mol. The molecule has 9 nitrogen and oxygen atoms in total. The Bertz CT molecular complexity index is 1390. The number of carbonyl (C=O) groups is 1.